The highest BCUT2D eigenvalue weighted by Crippen LogP contribution is 2.38. The van der Waals surface area contributed by atoms with Crippen LogP contribution in [0.3, 0.4) is 0 Å². The molecule has 0 heterocycles. The Morgan fingerprint density at radius 1 is 0.909 bits per heavy atom. The Morgan fingerprint density at radius 2 is 1.27 bits per heavy atom. The molecule has 0 radical (unpaired) electrons. The van der Waals surface area contributed by atoms with Crippen molar-refractivity contribution in [3.63, 3.8) is 0 Å². The van der Waals surface area contributed by atoms with Gasteiger partial charge in [0.25, 0.3) is 0 Å². The van der Waals surface area contributed by atoms with Crippen molar-refractivity contribution in [2.24, 2.45) is 0 Å². The van der Waals surface area contributed by atoms with E-state index in [0.29, 0.717) is 25.0 Å². The highest BCUT2D eigenvalue weighted by atomic mass is 35.5. The average Bonchev–Trinajstić information content (AvgIpc) is 1.97. The molecular formula is C6H2Cl4S. The molecule has 1 aromatic carbocycles. The van der Waals surface area contributed by atoms with Crippen molar-refractivity contribution in [1.82, 2.24) is 0 Å². The van der Waals surface area contributed by atoms with Crippen molar-refractivity contribution >= 4 is 59.0 Å². The largest absolute Gasteiger partial charge is 0.140 e. The highest BCUT2D eigenvalue weighted by Gasteiger charge is 2.09. The van der Waals surface area contributed by atoms with Crippen molar-refractivity contribution in [3.8, 4) is 0 Å². The van der Waals surface area contributed by atoms with Gasteiger partial charge in [-0.05, 0) is 6.07 Å². The number of halogens is 4. The average molecular weight is 248 g/mol. The van der Waals surface area contributed by atoms with Crippen LogP contribution in [0.25, 0.3) is 0 Å². The third-order valence-electron chi connectivity index (χ3n) is 1.09. The first-order valence-corrected chi connectivity index (χ1v) is 4.52. The van der Waals surface area contributed by atoms with Gasteiger partial charge in [0.05, 0.1) is 20.1 Å². The van der Waals surface area contributed by atoms with Crippen LogP contribution in [0.4, 0.5) is 0 Å². The zero-order valence-electron chi connectivity index (χ0n) is 5.04. The van der Waals surface area contributed by atoms with Crippen LogP contribution in [-0.2, 0) is 0 Å². The van der Waals surface area contributed by atoms with Crippen LogP contribution < -0.4 is 0 Å². The van der Waals surface area contributed by atoms with Crippen LogP contribution in [0.5, 0.6) is 0 Å². The van der Waals surface area contributed by atoms with E-state index in [1.807, 2.05) is 0 Å². The van der Waals surface area contributed by atoms with Gasteiger partial charge < -0.3 is 0 Å². The standard InChI is InChI=1S/C6H2Cl4S/c7-2-1-3(8)5(10)6(11)4(2)9/h1,11H. The number of hydrogen-bond acceptors (Lipinski definition) is 1. The van der Waals surface area contributed by atoms with E-state index >= 15 is 0 Å². The third kappa shape index (κ3) is 1.90. The summed E-state index contributed by atoms with van der Waals surface area (Å²) in [5.74, 6) is 0. The normalized spacial score (nSPS) is 10.3. The fourth-order valence-electron chi connectivity index (χ4n) is 0.561. The molecule has 0 nitrogen and oxygen atoms in total. The fourth-order valence-corrected chi connectivity index (χ4v) is 1.74. The summed E-state index contributed by atoms with van der Waals surface area (Å²) in [7, 11) is 0. The highest BCUT2D eigenvalue weighted by molar-refractivity contribution is 7.80. The molecule has 0 atom stereocenters. The maximum Gasteiger partial charge on any atom is 0.0741 e. The lowest BCUT2D eigenvalue weighted by molar-refractivity contribution is 1.47. The van der Waals surface area contributed by atoms with Crippen LogP contribution in [0.1, 0.15) is 0 Å². The van der Waals surface area contributed by atoms with Gasteiger partial charge in [0.15, 0.2) is 0 Å². The Kier molecular flexibility index (Phi) is 3.24. The molecule has 0 amide bonds. The molecule has 0 saturated heterocycles. The summed E-state index contributed by atoms with van der Waals surface area (Å²) >= 11 is 26.8. The summed E-state index contributed by atoms with van der Waals surface area (Å²) in [6.07, 6.45) is 0. The van der Waals surface area contributed by atoms with Gasteiger partial charge in [-0.1, -0.05) is 46.4 Å². The molecule has 0 aliphatic rings. The van der Waals surface area contributed by atoms with E-state index in [1.54, 1.807) is 0 Å². The number of rotatable bonds is 0. The molecule has 1 aromatic rings. The summed E-state index contributed by atoms with van der Waals surface area (Å²) in [5.41, 5.74) is 0. The smallest absolute Gasteiger partial charge is 0.0741 e. The van der Waals surface area contributed by atoms with Gasteiger partial charge in [-0.2, -0.15) is 0 Å². The SMILES string of the molecule is Sc1c(Cl)c(Cl)cc(Cl)c1Cl. The molecule has 5 heteroatoms. The fraction of sp³-hybridized carbons (Fsp3) is 0. The lowest BCUT2D eigenvalue weighted by Crippen LogP contribution is -1.76. The molecule has 0 unspecified atom stereocenters. The van der Waals surface area contributed by atoms with E-state index in [0.717, 1.165) is 0 Å². The first-order valence-electron chi connectivity index (χ1n) is 2.56. The summed E-state index contributed by atoms with van der Waals surface area (Å²) < 4.78 is 0. The number of hydrogen-bond donors (Lipinski definition) is 1. The molecule has 0 N–H and O–H groups in total. The Labute approximate surface area is 89.8 Å². The lowest BCUT2D eigenvalue weighted by Gasteiger charge is -2.03. The van der Waals surface area contributed by atoms with Gasteiger partial charge in [0.1, 0.15) is 0 Å². The molecule has 0 saturated carbocycles. The van der Waals surface area contributed by atoms with Crippen molar-refractivity contribution in [2.45, 2.75) is 4.90 Å². The second kappa shape index (κ2) is 3.63. The van der Waals surface area contributed by atoms with Crippen molar-refractivity contribution in [2.75, 3.05) is 0 Å². The Bertz CT molecular complexity index is 271. The minimum atomic E-state index is 0.324. The van der Waals surface area contributed by atoms with Crippen LogP contribution in [0.2, 0.25) is 20.1 Å². The molecule has 1 rings (SSSR count). The molecule has 0 aromatic heterocycles. The van der Waals surface area contributed by atoms with Gasteiger partial charge in [-0.25, -0.2) is 0 Å². The predicted octanol–water partition coefficient (Wildman–Crippen LogP) is 4.59. The van der Waals surface area contributed by atoms with Crippen molar-refractivity contribution < 1.29 is 0 Å². The lowest BCUT2D eigenvalue weighted by atomic mass is 10.3. The molecular weight excluding hydrogens is 246 g/mol. The van der Waals surface area contributed by atoms with E-state index in [4.69, 9.17) is 46.4 Å². The number of thiol groups is 1. The van der Waals surface area contributed by atoms with Crippen LogP contribution in [0.15, 0.2) is 11.0 Å². The second-order valence-electron chi connectivity index (χ2n) is 1.82. The van der Waals surface area contributed by atoms with Gasteiger partial charge in [0, 0.05) is 4.90 Å². The summed E-state index contributed by atoms with van der Waals surface area (Å²) in [4.78, 5) is 0.408. The van der Waals surface area contributed by atoms with Gasteiger partial charge in [-0.15, -0.1) is 12.6 Å². The summed E-state index contributed by atoms with van der Waals surface area (Å²) in [6, 6.07) is 1.48. The van der Waals surface area contributed by atoms with Gasteiger partial charge in [0.2, 0.25) is 0 Å². The van der Waals surface area contributed by atoms with Gasteiger partial charge >= 0.3 is 0 Å². The minimum Gasteiger partial charge on any atom is -0.140 e. The maximum atomic E-state index is 5.70. The molecule has 60 valence electrons. The summed E-state index contributed by atoms with van der Waals surface area (Å²) in [6.45, 7) is 0. The molecule has 0 aliphatic heterocycles. The third-order valence-corrected chi connectivity index (χ3v) is 3.37. The van der Waals surface area contributed by atoms with Crippen LogP contribution >= 0.6 is 59.0 Å². The maximum absolute atomic E-state index is 5.70. The van der Waals surface area contributed by atoms with E-state index in [2.05, 4.69) is 12.6 Å². The zero-order valence-corrected chi connectivity index (χ0v) is 8.95. The topological polar surface area (TPSA) is 0 Å². The number of benzene rings is 1. The van der Waals surface area contributed by atoms with E-state index in [1.165, 1.54) is 6.07 Å². The minimum absolute atomic E-state index is 0.324. The van der Waals surface area contributed by atoms with Crippen LogP contribution in [0, 0.1) is 0 Å². The van der Waals surface area contributed by atoms with E-state index < -0.39 is 0 Å². The van der Waals surface area contributed by atoms with Crippen molar-refractivity contribution in [1.29, 1.82) is 0 Å². The molecule has 11 heavy (non-hydrogen) atoms. The first-order chi connectivity index (χ1) is 5.04. The summed E-state index contributed by atoms with van der Waals surface area (Å²) in [5, 5.41) is 1.35. The van der Waals surface area contributed by atoms with Crippen LogP contribution in [-0.4, -0.2) is 0 Å². The monoisotopic (exact) mass is 246 g/mol. The Hall–Kier alpha value is 0.730. The van der Waals surface area contributed by atoms with E-state index in [-0.39, 0.29) is 0 Å². The molecule has 0 spiro atoms. The van der Waals surface area contributed by atoms with Gasteiger partial charge in [-0.3, -0.25) is 0 Å². The van der Waals surface area contributed by atoms with E-state index in [9.17, 15) is 0 Å². The molecule has 0 aliphatic carbocycles. The Morgan fingerprint density at radius 3 is 1.64 bits per heavy atom. The zero-order chi connectivity index (χ0) is 8.59. The first kappa shape index (κ1) is 9.82. The van der Waals surface area contributed by atoms with Crippen molar-refractivity contribution in [3.05, 3.63) is 26.2 Å². The predicted molar refractivity (Wildman–Crippen MR) is 53.7 cm³/mol. The second-order valence-corrected chi connectivity index (χ2v) is 3.83. The quantitative estimate of drug-likeness (QED) is 0.503. The Balaban J connectivity index is 3.46. The molecule has 0 bridgehead atoms. The molecule has 0 fully saturated rings.